The average molecular weight is 435 g/mol. The molecule has 0 spiro atoms. The van der Waals surface area contributed by atoms with E-state index in [-0.39, 0.29) is 11.5 Å². The molecule has 28 heavy (non-hydrogen) atoms. The van der Waals surface area contributed by atoms with Crippen molar-refractivity contribution >= 4 is 28.2 Å². The van der Waals surface area contributed by atoms with Crippen LogP contribution in [-0.2, 0) is 12.0 Å². The molecular weight excluding hydrogens is 412 g/mol. The van der Waals surface area contributed by atoms with E-state index in [1.807, 2.05) is 30.5 Å². The highest BCUT2D eigenvalue weighted by Gasteiger charge is 2.46. The van der Waals surface area contributed by atoms with Crippen molar-refractivity contribution in [2.75, 3.05) is 0 Å². The van der Waals surface area contributed by atoms with E-state index >= 15 is 0 Å². The Kier molecular flexibility index (Phi) is 5.07. The Labute approximate surface area is 173 Å². The third-order valence-electron chi connectivity index (χ3n) is 5.59. The Bertz CT molecular complexity index is 1080. The van der Waals surface area contributed by atoms with Gasteiger partial charge in [-0.1, -0.05) is 48.1 Å². The summed E-state index contributed by atoms with van der Waals surface area (Å²) in [6, 6.07) is 13.8. The number of H-pyrrole nitrogens is 1. The monoisotopic (exact) mass is 434 g/mol. The minimum absolute atomic E-state index is 0.0502. The molecule has 0 unspecified atom stereocenters. The smallest absolute Gasteiger partial charge is 0.248 e. The second-order valence-electron chi connectivity index (χ2n) is 7.52. The number of allylic oxidation sites excluding steroid dienone is 3. The molecular formula is C24H23BrN2O. The highest BCUT2D eigenvalue weighted by Crippen LogP contribution is 2.51. The van der Waals surface area contributed by atoms with Crippen molar-refractivity contribution in [3.05, 3.63) is 97.4 Å². The van der Waals surface area contributed by atoms with Crippen molar-refractivity contribution < 1.29 is 0 Å². The van der Waals surface area contributed by atoms with Gasteiger partial charge in [-0.2, -0.15) is 0 Å². The van der Waals surface area contributed by atoms with Gasteiger partial charge >= 0.3 is 0 Å². The lowest BCUT2D eigenvalue weighted by Crippen LogP contribution is -2.40. The fourth-order valence-electron chi connectivity index (χ4n) is 4.57. The quantitative estimate of drug-likeness (QED) is 0.499. The van der Waals surface area contributed by atoms with Gasteiger partial charge in [-0.3, -0.25) is 9.79 Å². The van der Waals surface area contributed by atoms with Crippen LogP contribution in [0.3, 0.4) is 0 Å². The Hall–Kier alpha value is -2.46. The summed E-state index contributed by atoms with van der Waals surface area (Å²) in [6.07, 6.45) is 10.1. The van der Waals surface area contributed by atoms with E-state index in [4.69, 9.17) is 4.99 Å². The SMILES string of the molecule is CC=C1[C@H]2C=C(C)C[C@]1(N=CC(Br)=Cc1ccccc1)c1ccc(=O)[nH]c1C2. The Morgan fingerprint density at radius 3 is 2.79 bits per heavy atom. The standard InChI is InChI=1S/C24H23BrN2O/c1-3-20-18-11-16(2)14-24(20,21-9-10-23(28)27-22(21)13-18)26-15-19(25)12-17-7-5-4-6-8-17/h3-12,15,18H,13-14H2,1-2H3,(H,27,28)/t18-,24+/m0/s1. The van der Waals surface area contributed by atoms with Crippen molar-refractivity contribution in [3.63, 3.8) is 0 Å². The van der Waals surface area contributed by atoms with Crippen LogP contribution in [-0.4, -0.2) is 11.2 Å². The van der Waals surface area contributed by atoms with Crippen LogP contribution in [0.1, 0.15) is 37.1 Å². The largest absolute Gasteiger partial charge is 0.326 e. The number of fused-ring (bicyclic) bond motifs is 4. The molecule has 0 aliphatic heterocycles. The van der Waals surface area contributed by atoms with Crippen molar-refractivity contribution in [1.82, 2.24) is 4.98 Å². The van der Waals surface area contributed by atoms with E-state index in [2.05, 4.69) is 65.1 Å². The zero-order valence-electron chi connectivity index (χ0n) is 16.1. The predicted octanol–water partition coefficient (Wildman–Crippen LogP) is 5.55. The zero-order chi connectivity index (χ0) is 19.7. The van der Waals surface area contributed by atoms with Gasteiger partial charge in [-0.05, 0) is 59.5 Å². The summed E-state index contributed by atoms with van der Waals surface area (Å²) in [7, 11) is 0. The van der Waals surface area contributed by atoms with E-state index in [0.717, 1.165) is 34.1 Å². The predicted molar refractivity (Wildman–Crippen MR) is 120 cm³/mol. The normalized spacial score (nSPS) is 25.7. The van der Waals surface area contributed by atoms with Gasteiger partial charge in [0.15, 0.2) is 0 Å². The molecule has 0 radical (unpaired) electrons. The van der Waals surface area contributed by atoms with Gasteiger partial charge in [0.2, 0.25) is 5.56 Å². The highest BCUT2D eigenvalue weighted by molar-refractivity contribution is 9.12. The van der Waals surface area contributed by atoms with Crippen LogP contribution in [0.4, 0.5) is 0 Å². The summed E-state index contributed by atoms with van der Waals surface area (Å²) in [6.45, 7) is 4.27. The van der Waals surface area contributed by atoms with Crippen LogP contribution in [0.25, 0.3) is 6.08 Å². The molecule has 142 valence electrons. The van der Waals surface area contributed by atoms with Gasteiger partial charge in [0.1, 0.15) is 5.54 Å². The second kappa shape index (κ2) is 7.51. The zero-order valence-corrected chi connectivity index (χ0v) is 17.7. The molecule has 1 aromatic heterocycles. The molecule has 0 saturated heterocycles. The van der Waals surface area contributed by atoms with E-state index in [1.165, 1.54) is 11.1 Å². The van der Waals surface area contributed by atoms with Gasteiger partial charge in [0.25, 0.3) is 0 Å². The minimum Gasteiger partial charge on any atom is -0.326 e. The summed E-state index contributed by atoms with van der Waals surface area (Å²) < 4.78 is 0.920. The molecule has 0 saturated carbocycles. The van der Waals surface area contributed by atoms with Gasteiger partial charge in [0.05, 0.1) is 0 Å². The molecule has 1 aromatic carbocycles. The molecule has 3 nitrogen and oxygen atoms in total. The first-order chi connectivity index (χ1) is 13.5. The number of nitrogens with zero attached hydrogens (tertiary/aromatic N) is 1. The van der Waals surface area contributed by atoms with Crippen molar-refractivity contribution in [2.45, 2.75) is 32.2 Å². The van der Waals surface area contributed by atoms with Crippen LogP contribution in [0.15, 0.2) is 80.0 Å². The van der Waals surface area contributed by atoms with Crippen molar-refractivity contribution in [3.8, 4) is 0 Å². The Balaban J connectivity index is 1.83. The number of aromatic amines is 1. The molecule has 4 rings (SSSR count). The number of halogens is 1. The summed E-state index contributed by atoms with van der Waals surface area (Å²) >= 11 is 3.66. The molecule has 2 bridgehead atoms. The van der Waals surface area contributed by atoms with Crippen LogP contribution in [0, 0.1) is 5.92 Å². The molecule has 4 heteroatoms. The van der Waals surface area contributed by atoms with Gasteiger partial charge in [0, 0.05) is 40.4 Å². The number of aromatic nitrogens is 1. The molecule has 0 amide bonds. The summed E-state index contributed by atoms with van der Waals surface area (Å²) in [5.74, 6) is 0.276. The fraction of sp³-hybridized carbons (Fsp3) is 0.250. The topological polar surface area (TPSA) is 45.2 Å². The third-order valence-corrected chi connectivity index (χ3v) is 6.02. The molecule has 1 heterocycles. The Morgan fingerprint density at radius 1 is 1.25 bits per heavy atom. The summed E-state index contributed by atoms with van der Waals surface area (Å²) in [5, 5.41) is 0. The van der Waals surface area contributed by atoms with Gasteiger partial charge in [-0.25, -0.2) is 0 Å². The lowest BCUT2D eigenvalue weighted by atomic mass is 9.63. The lowest BCUT2D eigenvalue weighted by Gasteiger charge is -2.45. The van der Waals surface area contributed by atoms with Crippen molar-refractivity contribution in [2.24, 2.45) is 10.9 Å². The number of hydrogen-bond donors (Lipinski definition) is 1. The van der Waals surface area contributed by atoms with Crippen LogP contribution in [0.5, 0.6) is 0 Å². The average Bonchev–Trinajstić information content (AvgIpc) is 2.66. The molecule has 2 aliphatic rings. The number of rotatable bonds is 3. The van der Waals surface area contributed by atoms with Crippen LogP contribution >= 0.6 is 15.9 Å². The lowest BCUT2D eigenvalue weighted by molar-refractivity contribution is 0.413. The summed E-state index contributed by atoms with van der Waals surface area (Å²) in [5.41, 5.74) is 5.38. The highest BCUT2D eigenvalue weighted by atomic mass is 79.9. The first-order valence-corrected chi connectivity index (χ1v) is 10.4. The molecule has 2 aliphatic carbocycles. The van der Waals surface area contributed by atoms with Crippen LogP contribution < -0.4 is 5.56 Å². The second-order valence-corrected chi connectivity index (χ2v) is 8.43. The number of aliphatic imine (C=N–C) groups is 1. The number of nitrogens with one attached hydrogen (secondary N) is 1. The summed E-state index contributed by atoms with van der Waals surface area (Å²) in [4.78, 5) is 20.1. The number of pyridine rings is 1. The van der Waals surface area contributed by atoms with E-state index in [1.54, 1.807) is 6.07 Å². The third kappa shape index (κ3) is 3.37. The van der Waals surface area contributed by atoms with E-state index < -0.39 is 5.54 Å². The number of hydrogen-bond acceptors (Lipinski definition) is 2. The maximum atomic E-state index is 11.9. The van der Waals surface area contributed by atoms with E-state index in [9.17, 15) is 4.79 Å². The fourth-order valence-corrected chi connectivity index (χ4v) is 4.94. The van der Waals surface area contributed by atoms with E-state index in [0.29, 0.717) is 0 Å². The minimum atomic E-state index is -0.459. The Morgan fingerprint density at radius 2 is 2.04 bits per heavy atom. The maximum absolute atomic E-state index is 11.9. The first-order valence-electron chi connectivity index (χ1n) is 9.56. The molecule has 1 N–H and O–H groups in total. The van der Waals surface area contributed by atoms with Gasteiger partial charge in [-0.15, -0.1) is 0 Å². The van der Waals surface area contributed by atoms with Crippen molar-refractivity contribution in [1.29, 1.82) is 0 Å². The molecule has 2 atom stereocenters. The van der Waals surface area contributed by atoms with Crippen LogP contribution in [0.2, 0.25) is 0 Å². The number of benzene rings is 1. The maximum Gasteiger partial charge on any atom is 0.248 e. The molecule has 0 fully saturated rings. The first kappa shape index (κ1) is 18.9. The molecule has 2 aromatic rings. The van der Waals surface area contributed by atoms with Gasteiger partial charge < -0.3 is 4.98 Å².